The Morgan fingerprint density at radius 3 is 2.39 bits per heavy atom. The largest absolute Gasteiger partial charge is 0.573 e. The molecule has 1 saturated heterocycles. The maximum atomic E-state index is 13.0. The summed E-state index contributed by atoms with van der Waals surface area (Å²) in [4.78, 5) is 28.8. The lowest BCUT2D eigenvalue weighted by Gasteiger charge is -2.22. The second kappa shape index (κ2) is 6.54. The second-order valence-corrected chi connectivity index (χ2v) is 6.86. The van der Waals surface area contributed by atoms with Gasteiger partial charge in [-0.05, 0) is 48.2 Å². The highest BCUT2D eigenvalue weighted by atomic mass is 19.4. The van der Waals surface area contributed by atoms with Gasteiger partial charge in [-0.15, -0.1) is 13.2 Å². The molecule has 146 valence electrons. The van der Waals surface area contributed by atoms with Crippen LogP contribution in [0.1, 0.15) is 23.2 Å². The molecule has 0 saturated carbocycles. The van der Waals surface area contributed by atoms with Crippen LogP contribution in [0.5, 0.6) is 5.75 Å². The third-order valence-corrected chi connectivity index (χ3v) is 5.14. The van der Waals surface area contributed by atoms with Gasteiger partial charge in [0.05, 0.1) is 11.3 Å². The van der Waals surface area contributed by atoms with Gasteiger partial charge >= 0.3 is 6.36 Å². The molecule has 8 heteroatoms. The molecule has 0 aliphatic carbocycles. The third-order valence-electron chi connectivity index (χ3n) is 5.14. The molecule has 0 radical (unpaired) electrons. The maximum Gasteiger partial charge on any atom is 0.573 e. The Morgan fingerprint density at radius 2 is 1.71 bits per heavy atom. The van der Waals surface area contributed by atoms with E-state index in [0.717, 1.165) is 6.42 Å². The van der Waals surface area contributed by atoms with Gasteiger partial charge < -0.3 is 14.5 Å². The predicted octanol–water partition coefficient (Wildman–Crippen LogP) is 3.83. The average molecular weight is 390 g/mol. The Bertz CT molecular complexity index is 941. The van der Waals surface area contributed by atoms with E-state index in [1.54, 1.807) is 30.1 Å². The molecule has 0 N–H and O–H groups in total. The van der Waals surface area contributed by atoms with Gasteiger partial charge in [0, 0.05) is 13.6 Å². The van der Waals surface area contributed by atoms with E-state index in [9.17, 15) is 22.8 Å². The molecule has 1 fully saturated rings. The van der Waals surface area contributed by atoms with Crippen molar-refractivity contribution in [1.82, 2.24) is 4.90 Å². The number of fused-ring (bicyclic) bond motifs is 2. The van der Waals surface area contributed by atoms with Gasteiger partial charge in [-0.2, -0.15) is 0 Å². The fourth-order valence-corrected chi connectivity index (χ4v) is 3.79. The molecule has 0 aromatic heterocycles. The van der Waals surface area contributed by atoms with Crippen LogP contribution < -0.4 is 9.64 Å². The summed E-state index contributed by atoms with van der Waals surface area (Å²) in [5, 5.41) is 0. The quantitative estimate of drug-likeness (QED) is 0.783. The van der Waals surface area contributed by atoms with Crippen molar-refractivity contribution in [2.45, 2.75) is 25.2 Å². The SMILES string of the molecule is CN1C(=O)[C@@H]2CCCN2C(=O)c2cc(-c3ccc(OC(F)(F)F)cc3)ccc21. The molecule has 0 spiro atoms. The Morgan fingerprint density at radius 1 is 1.04 bits per heavy atom. The molecule has 2 aliphatic rings. The highest BCUT2D eigenvalue weighted by molar-refractivity contribution is 6.11. The Labute approximate surface area is 159 Å². The highest BCUT2D eigenvalue weighted by Gasteiger charge is 2.40. The molecule has 5 nitrogen and oxygen atoms in total. The summed E-state index contributed by atoms with van der Waals surface area (Å²) >= 11 is 0. The zero-order chi connectivity index (χ0) is 20.1. The lowest BCUT2D eigenvalue weighted by atomic mass is 10.0. The first-order valence-electron chi connectivity index (χ1n) is 8.83. The van der Waals surface area contributed by atoms with Crippen molar-refractivity contribution in [2.75, 3.05) is 18.5 Å². The van der Waals surface area contributed by atoms with Crippen LogP contribution in [-0.2, 0) is 4.79 Å². The van der Waals surface area contributed by atoms with Crippen molar-refractivity contribution < 1.29 is 27.5 Å². The third kappa shape index (κ3) is 3.19. The van der Waals surface area contributed by atoms with E-state index in [-0.39, 0.29) is 17.6 Å². The summed E-state index contributed by atoms with van der Waals surface area (Å²) in [6, 6.07) is 10.1. The molecule has 1 atom stereocenters. The molecule has 0 bridgehead atoms. The van der Waals surface area contributed by atoms with E-state index in [2.05, 4.69) is 4.74 Å². The van der Waals surface area contributed by atoms with Crippen molar-refractivity contribution >= 4 is 17.5 Å². The minimum Gasteiger partial charge on any atom is -0.406 e. The molecule has 2 aliphatic heterocycles. The summed E-state index contributed by atoms with van der Waals surface area (Å²) in [5.74, 6) is -0.618. The summed E-state index contributed by atoms with van der Waals surface area (Å²) in [6.07, 6.45) is -3.32. The zero-order valence-electron chi connectivity index (χ0n) is 15.0. The second-order valence-electron chi connectivity index (χ2n) is 6.86. The fourth-order valence-electron chi connectivity index (χ4n) is 3.79. The van der Waals surface area contributed by atoms with Crippen LogP contribution in [0.25, 0.3) is 11.1 Å². The monoisotopic (exact) mass is 390 g/mol. The number of amides is 2. The predicted molar refractivity (Wildman–Crippen MR) is 96.0 cm³/mol. The highest BCUT2D eigenvalue weighted by Crippen LogP contribution is 2.35. The Hall–Kier alpha value is -3.03. The first-order chi connectivity index (χ1) is 13.2. The van der Waals surface area contributed by atoms with Gasteiger partial charge in [0.2, 0.25) is 5.91 Å². The number of alkyl halides is 3. The van der Waals surface area contributed by atoms with Gasteiger partial charge in [-0.3, -0.25) is 9.59 Å². The standard InChI is InChI=1S/C20H17F3N2O3/c1-24-16-9-6-13(12-4-7-14(8-5-12)28-20(21,22)23)11-15(16)18(26)25-10-2-3-17(25)19(24)27/h4-9,11,17H,2-3,10H2,1H3/t17-/m0/s1. The van der Waals surface area contributed by atoms with Gasteiger partial charge in [0.1, 0.15) is 11.8 Å². The summed E-state index contributed by atoms with van der Waals surface area (Å²) in [6.45, 7) is 0.538. The van der Waals surface area contributed by atoms with E-state index in [1.165, 1.54) is 29.2 Å². The number of rotatable bonds is 2. The summed E-state index contributed by atoms with van der Waals surface area (Å²) < 4.78 is 40.8. The van der Waals surface area contributed by atoms with Crippen molar-refractivity contribution in [1.29, 1.82) is 0 Å². The molecule has 4 rings (SSSR count). The smallest absolute Gasteiger partial charge is 0.406 e. The van der Waals surface area contributed by atoms with Crippen molar-refractivity contribution in [3.05, 3.63) is 48.0 Å². The number of benzene rings is 2. The lowest BCUT2D eigenvalue weighted by molar-refractivity contribution is -0.274. The maximum absolute atomic E-state index is 13.0. The summed E-state index contributed by atoms with van der Waals surface area (Å²) in [5.41, 5.74) is 2.25. The Kier molecular flexibility index (Phi) is 4.28. The van der Waals surface area contributed by atoms with E-state index >= 15 is 0 Å². The van der Waals surface area contributed by atoms with Crippen LogP contribution >= 0.6 is 0 Å². The van der Waals surface area contributed by atoms with Crippen molar-refractivity contribution in [3.63, 3.8) is 0 Å². The lowest BCUT2D eigenvalue weighted by Crippen LogP contribution is -2.43. The van der Waals surface area contributed by atoms with Crippen LogP contribution in [0.2, 0.25) is 0 Å². The number of halogens is 3. The number of carbonyl (C=O) groups is 2. The van der Waals surface area contributed by atoms with Crippen LogP contribution in [0.15, 0.2) is 42.5 Å². The first-order valence-corrected chi connectivity index (χ1v) is 8.83. The summed E-state index contributed by atoms with van der Waals surface area (Å²) in [7, 11) is 1.65. The molecule has 0 unspecified atom stereocenters. The molecule has 2 aromatic carbocycles. The molecular weight excluding hydrogens is 373 g/mol. The normalized spacial score (nSPS) is 19.4. The molecular formula is C20H17F3N2O3. The van der Waals surface area contributed by atoms with E-state index in [0.29, 0.717) is 35.3 Å². The van der Waals surface area contributed by atoms with E-state index < -0.39 is 12.4 Å². The average Bonchev–Trinajstić information content (AvgIpc) is 3.12. The first kappa shape index (κ1) is 18.3. The molecule has 2 heterocycles. The Balaban J connectivity index is 1.70. The number of anilines is 1. The number of hydrogen-bond acceptors (Lipinski definition) is 3. The van der Waals surface area contributed by atoms with Crippen LogP contribution in [0.4, 0.5) is 18.9 Å². The molecule has 28 heavy (non-hydrogen) atoms. The van der Waals surface area contributed by atoms with Gasteiger partial charge in [-0.1, -0.05) is 18.2 Å². The number of nitrogens with zero attached hydrogens (tertiary/aromatic N) is 2. The van der Waals surface area contributed by atoms with Gasteiger partial charge in [0.25, 0.3) is 5.91 Å². The number of carbonyl (C=O) groups excluding carboxylic acids is 2. The van der Waals surface area contributed by atoms with Crippen molar-refractivity contribution in [3.8, 4) is 16.9 Å². The molecule has 2 amide bonds. The van der Waals surface area contributed by atoms with Crippen LogP contribution in [0, 0.1) is 0 Å². The number of ether oxygens (including phenoxy) is 1. The van der Waals surface area contributed by atoms with Crippen LogP contribution in [0.3, 0.4) is 0 Å². The van der Waals surface area contributed by atoms with Crippen molar-refractivity contribution in [2.24, 2.45) is 0 Å². The van der Waals surface area contributed by atoms with E-state index in [1.807, 2.05) is 0 Å². The fraction of sp³-hybridized carbons (Fsp3) is 0.300. The molecule has 2 aromatic rings. The topological polar surface area (TPSA) is 49.9 Å². The minimum atomic E-state index is -4.75. The number of hydrogen-bond donors (Lipinski definition) is 0. The minimum absolute atomic E-state index is 0.106. The number of likely N-dealkylation sites (N-methyl/N-ethyl adjacent to an activating group) is 1. The van der Waals surface area contributed by atoms with Gasteiger partial charge in [-0.25, -0.2) is 0 Å². The van der Waals surface area contributed by atoms with Gasteiger partial charge in [0.15, 0.2) is 0 Å². The van der Waals surface area contributed by atoms with E-state index in [4.69, 9.17) is 0 Å². The van der Waals surface area contributed by atoms with Crippen LogP contribution in [-0.4, -0.2) is 42.7 Å². The zero-order valence-corrected chi connectivity index (χ0v) is 15.0.